The van der Waals surface area contributed by atoms with Gasteiger partial charge < -0.3 is 10.2 Å². The quantitative estimate of drug-likeness (QED) is 0.897. The van der Waals surface area contributed by atoms with Gasteiger partial charge in [0.25, 0.3) is 0 Å². The van der Waals surface area contributed by atoms with Crippen molar-refractivity contribution >= 4 is 5.71 Å². The molecule has 108 valence electrons. The number of nitrogens with zero attached hydrogens (tertiary/aromatic N) is 1. The van der Waals surface area contributed by atoms with E-state index in [9.17, 15) is 4.39 Å². The van der Waals surface area contributed by atoms with Crippen molar-refractivity contribution < 1.29 is 14.5 Å². The summed E-state index contributed by atoms with van der Waals surface area (Å²) in [6, 6.07) is 16.8. The first kappa shape index (κ1) is 13.8. The lowest BCUT2D eigenvalue weighted by Gasteiger charge is -2.07. The lowest BCUT2D eigenvalue weighted by molar-refractivity contribution is -0.676. The smallest absolute Gasteiger partial charge is 0.181 e. The summed E-state index contributed by atoms with van der Waals surface area (Å²) in [5.74, 6) is -0.241. The highest BCUT2D eigenvalue weighted by Crippen LogP contribution is 2.16. The van der Waals surface area contributed by atoms with E-state index in [4.69, 9.17) is 4.84 Å². The monoisotopic (exact) mass is 285 g/mol. The number of benzene rings is 2. The number of halogens is 1. The highest BCUT2D eigenvalue weighted by Gasteiger charge is 2.23. The molecule has 3 rings (SSSR count). The molecule has 0 amide bonds. The number of oxime groups is 1. The normalized spacial score (nSPS) is 17.4. The minimum Gasteiger partial charge on any atom is -0.386 e. The Labute approximate surface area is 123 Å². The van der Waals surface area contributed by atoms with Gasteiger partial charge in [-0.05, 0) is 12.1 Å². The molecule has 0 saturated carbocycles. The molecule has 0 saturated heterocycles. The van der Waals surface area contributed by atoms with Gasteiger partial charge in [-0.2, -0.15) is 0 Å². The molecule has 1 aliphatic rings. The Morgan fingerprint density at radius 1 is 1.14 bits per heavy atom. The van der Waals surface area contributed by atoms with Crippen LogP contribution < -0.4 is 5.32 Å². The standard InChI is InChI=1S/C17H17FN2O/c18-15-8-4-7-14(9-15)17-10-16(21-20-17)12-19-11-13-5-2-1-3-6-13/h1-9,16,19H,10-12H2/p+1/t16-/m0/s1. The van der Waals surface area contributed by atoms with Crippen LogP contribution in [0.5, 0.6) is 0 Å². The zero-order chi connectivity index (χ0) is 14.5. The zero-order valence-electron chi connectivity index (χ0n) is 11.7. The molecule has 0 radical (unpaired) electrons. The number of hydrogen-bond donors (Lipinski definition) is 1. The summed E-state index contributed by atoms with van der Waals surface area (Å²) in [5, 5.41) is 6.30. The van der Waals surface area contributed by atoms with Gasteiger partial charge in [0, 0.05) is 17.5 Å². The molecule has 2 N–H and O–H groups in total. The van der Waals surface area contributed by atoms with Crippen LogP contribution >= 0.6 is 0 Å². The van der Waals surface area contributed by atoms with Gasteiger partial charge in [-0.15, -0.1) is 0 Å². The largest absolute Gasteiger partial charge is 0.386 e. The molecule has 0 aliphatic carbocycles. The van der Waals surface area contributed by atoms with Gasteiger partial charge in [0.2, 0.25) is 0 Å². The average Bonchev–Trinajstić information content (AvgIpc) is 2.97. The Balaban J connectivity index is 1.48. The second-order valence-corrected chi connectivity index (χ2v) is 5.19. The zero-order valence-corrected chi connectivity index (χ0v) is 11.7. The first-order valence-electron chi connectivity index (χ1n) is 7.15. The molecule has 1 heterocycles. The Hall–Kier alpha value is -2.20. The second kappa shape index (κ2) is 6.50. The third-order valence-electron chi connectivity index (χ3n) is 3.54. The van der Waals surface area contributed by atoms with Crippen LogP contribution in [0, 0.1) is 5.82 Å². The summed E-state index contributed by atoms with van der Waals surface area (Å²) in [6.07, 6.45) is 0.793. The summed E-state index contributed by atoms with van der Waals surface area (Å²) in [6.45, 7) is 1.77. The number of nitrogens with two attached hydrogens (primary N) is 1. The highest BCUT2D eigenvalue weighted by molar-refractivity contribution is 6.01. The van der Waals surface area contributed by atoms with Crippen LogP contribution in [0.1, 0.15) is 17.5 Å². The number of hydrogen-bond acceptors (Lipinski definition) is 2. The van der Waals surface area contributed by atoms with Crippen LogP contribution in [0.3, 0.4) is 0 Å². The third kappa shape index (κ3) is 3.67. The lowest BCUT2D eigenvalue weighted by atomic mass is 10.0. The molecular weight excluding hydrogens is 267 g/mol. The Morgan fingerprint density at radius 2 is 2.00 bits per heavy atom. The first-order chi connectivity index (χ1) is 10.3. The number of rotatable bonds is 5. The van der Waals surface area contributed by atoms with E-state index in [1.165, 1.54) is 17.7 Å². The SMILES string of the molecule is Fc1cccc(C2=NO[C@H](C[NH2+]Cc3ccccc3)C2)c1. The molecule has 0 fully saturated rings. The highest BCUT2D eigenvalue weighted by atomic mass is 19.1. The van der Waals surface area contributed by atoms with Crippen LogP contribution in [0.2, 0.25) is 0 Å². The Morgan fingerprint density at radius 3 is 2.81 bits per heavy atom. The predicted molar refractivity (Wildman–Crippen MR) is 79.4 cm³/mol. The van der Waals surface area contributed by atoms with Crippen molar-refractivity contribution in [3.05, 3.63) is 71.5 Å². The molecule has 0 aromatic heterocycles. The molecule has 3 nitrogen and oxygen atoms in total. The maximum Gasteiger partial charge on any atom is 0.181 e. The summed E-state index contributed by atoms with van der Waals surface area (Å²) in [7, 11) is 0. The summed E-state index contributed by atoms with van der Waals surface area (Å²) in [5.41, 5.74) is 2.93. The molecule has 21 heavy (non-hydrogen) atoms. The molecule has 1 aliphatic heterocycles. The van der Waals surface area contributed by atoms with Gasteiger partial charge in [0.1, 0.15) is 18.9 Å². The van der Waals surface area contributed by atoms with Crippen LogP contribution in [0.15, 0.2) is 59.8 Å². The minimum absolute atomic E-state index is 0.0620. The van der Waals surface area contributed by atoms with E-state index >= 15 is 0 Å². The van der Waals surface area contributed by atoms with Crippen molar-refractivity contribution in [2.24, 2.45) is 5.16 Å². The maximum absolute atomic E-state index is 13.2. The third-order valence-corrected chi connectivity index (χ3v) is 3.54. The summed E-state index contributed by atoms with van der Waals surface area (Å²) < 4.78 is 13.2. The lowest BCUT2D eigenvalue weighted by Crippen LogP contribution is -2.84. The van der Waals surface area contributed by atoms with Gasteiger partial charge >= 0.3 is 0 Å². The number of quaternary nitrogens is 1. The fourth-order valence-electron chi connectivity index (χ4n) is 2.44. The molecule has 2 aromatic rings. The molecular formula is C17H18FN2O+. The summed E-state index contributed by atoms with van der Waals surface area (Å²) in [4.78, 5) is 5.43. The van der Waals surface area contributed by atoms with Gasteiger partial charge in [0.05, 0.1) is 5.71 Å². The fraction of sp³-hybridized carbons (Fsp3) is 0.235. The van der Waals surface area contributed by atoms with Crippen molar-refractivity contribution in [3.8, 4) is 0 Å². The van der Waals surface area contributed by atoms with Crippen LogP contribution in [-0.2, 0) is 11.4 Å². The van der Waals surface area contributed by atoms with E-state index in [0.717, 1.165) is 30.8 Å². The van der Waals surface area contributed by atoms with Gasteiger partial charge in [-0.25, -0.2) is 4.39 Å². The van der Waals surface area contributed by atoms with Gasteiger partial charge in [-0.3, -0.25) is 0 Å². The van der Waals surface area contributed by atoms with E-state index < -0.39 is 0 Å². The molecule has 0 unspecified atom stereocenters. The average molecular weight is 285 g/mol. The van der Waals surface area contributed by atoms with Crippen LogP contribution in [0.25, 0.3) is 0 Å². The topological polar surface area (TPSA) is 38.2 Å². The van der Waals surface area contributed by atoms with E-state index in [1.54, 1.807) is 6.07 Å². The van der Waals surface area contributed by atoms with Gasteiger partial charge in [0.15, 0.2) is 6.10 Å². The van der Waals surface area contributed by atoms with E-state index in [2.05, 4.69) is 22.6 Å². The van der Waals surface area contributed by atoms with E-state index in [0.29, 0.717) is 0 Å². The molecule has 0 bridgehead atoms. The van der Waals surface area contributed by atoms with E-state index in [-0.39, 0.29) is 11.9 Å². The maximum atomic E-state index is 13.2. The van der Waals surface area contributed by atoms with Crippen molar-refractivity contribution in [1.82, 2.24) is 0 Å². The fourth-order valence-corrected chi connectivity index (χ4v) is 2.44. The van der Waals surface area contributed by atoms with Crippen molar-refractivity contribution in [2.45, 2.75) is 19.1 Å². The van der Waals surface area contributed by atoms with Crippen LogP contribution in [0.4, 0.5) is 4.39 Å². The van der Waals surface area contributed by atoms with Crippen molar-refractivity contribution in [2.75, 3.05) is 6.54 Å². The first-order valence-corrected chi connectivity index (χ1v) is 7.15. The molecule has 0 spiro atoms. The Kier molecular flexibility index (Phi) is 4.26. The van der Waals surface area contributed by atoms with E-state index in [1.807, 2.05) is 24.3 Å². The minimum atomic E-state index is -0.241. The Bertz CT molecular complexity index is 628. The predicted octanol–water partition coefficient (Wildman–Crippen LogP) is 2.08. The van der Waals surface area contributed by atoms with Crippen LogP contribution in [-0.4, -0.2) is 18.4 Å². The summed E-state index contributed by atoms with van der Waals surface area (Å²) >= 11 is 0. The van der Waals surface area contributed by atoms with Crippen molar-refractivity contribution in [1.29, 1.82) is 0 Å². The second-order valence-electron chi connectivity index (χ2n) is 5.19. The van der Waals surface area contributed by atoms with Crippen molar-refractivity contribution in [3.63, 3.8) is 0 Å². The van der Waals surface area contributed by atoms with Gasteiger partial charge in [-0.1, -0.05) is 47.6 Å². The molecule has 1 atom stereocenters. The molecule has 4 heteroatoms. The molecule has 2 aromatic carbocycles.